The van der Waals surface area contributed by atoms with Crippen molar-refractivity contribution in [2.75, 3.05) is 16.8 Å². The molecule has 0 radical (unpaired) electrons. The molecule has 0 bridgehead atoms. The van der Waals surface area contributed by atoms with Crippen LogP contribution in [0.2, 0.25) is 0 Å². The van der Waals surface area contributed by atoms with Crippen molar-refractivity contribution in [3.05, 3.63) is 45.6 Å². The monoisotopic (exact) mass is 426 g/mol. The summed E-state index contributed by atoms with van der Waals surface area (Å²) in [6.45, 7) is 1.96. The summed E-state index contributed by atoms with van der Waals surface area (Å²) in [5.41, 5.74) is 4.11. The van der Waals surface area contributed by atoms with E-state index in [1.165, 1.54) is 66.2 Å². The molecule has 0 amide bonds. The SMILES string of the molecule is Brc1ccc2c(c1)CCN(c1cc(C3CC3)nc(NC3CCCCC3)n1)C2. The zero-order valence-corrected chi connectivity index (χ0v) is 17.3. The van der Waals surface area contributed by atoms with Gasteiger partial charge in [-0.15, -0.1) is 0 Å². The molecule has 5 rings (SSSR count). The molecule has 1 N–H and O–H groups in total. The summed E-state index contributed by atoms with van der Waals surface area (Å²) in [4.78, 5) is 12.3. The summed E-state index contributed by atoms with van der Waals surface area (Å²) in [7, 11) is 0. The summed E-state index contributed by atoms with van der Waals surface area (Å²) < 4.78 is 1.17. The molecule has 0 saturated heterocycles. The van der Waals surface area contributed by atoms with Crippen LogP contribution in [-0.4, -0.2) is 22.6 Å². The molecule has 1 aliphatic heterocycles. The van der Waals surface area contributed by atoms with Gasteiger partial charge in [0.1, 0.15) is 5.82 Å². The van der Waals surface area contributed by atoms with E-state index in [9.17, 15) is 0 Å². The Labute approximate surface area is 169 Å². The number of fused-ring (bicyclic) bond motifs is 1. The van der Waals surface area contributed by atoms with E-state index in [0.29, 0.717) is 12.0 Å². The first kappa shape index (κ1) is 17.5. The Morgan fingerprint density at radius 1 is 0.963 bits per heavy atom. The van der Waals surface area contributed by atoms with Gasteiger partial charge in [-0.3, -0.25) is 0 Å². The van der Waals surface area contributed by atoms with Crippen molar-refractivity contribution in [1.82, 2.24) is 9.97 Å². The average molecular weight is 427 g/mol. The van der Waals surface area contributed by atoms with Gasteiger partial charge in [-0.05, 0) is 55.4 Å². The fraction of sp³-hybridized carbons (Fsp3) is 0.545. The van der Waals surface area contributed by atoms with Crippen LogP contribution in [-0.2, 0) is 13.0 Å². The normalized spacial score (nSPS) is 20.4. The number of anilines is 2. The van der Waals surface area contributed by atoms with Crippen molar-refractivity contribution in [3.8, 4) is 0 Å². The van der Waals surface area contributed by atoms with Crippen LogP contribution in [0.1, 0.15) is 67.7 Å². The van der Waals surface area contributed by atoms with Gasteiger partial charge < -0.3 is 10.2 Å². The van der Waals surface area contributed by atoms with Crippen molar-refractivity contribution in [2.24, 2.45) is 0 Å². The Kier molecular flexibility index (Phi) is 4.80. The summed E-state index contributed by atoms with van der Waals surface area (Å²) >= 11 is 3.60. The van der Waals surface area contributed by atoms with Gasteiger partial charge in [0.25, 0.3) is 0 Å². The molecule has 2 aliphatic carbocycles. The quantitative estimate of drug-likeness (QED) is 0.707. The Balaban J connectivity index is 1.40. The fourth-order valence-corrected chi connectivity index (χ4v) is 4.82. The van der Waals surface area contributed by atoms with Crippen molar-refractivity contribution >= 4 is 27.7 Å². The minimum absolute atomic E-state index is 0.542. The molecule has 4 nitrogen and oxygen atoms in total. The first-order valence-corrected chi connectivity index (χ1v) is 11.2. The third-order valence-electron chi connectivity index (χ3n) is 6.17. The molecule has 1 aromatic heterocycles. The van der Waals surface area contributed by atoms with Crippen LogP contribution in [0.25, 0.3) is 0 Å². The third-order valence-corrected chi connectivity index (χ3v) is 6.66. The minimum Gasteiger partial charge on any atom is -0.352 e. The summed E-state index contributed by atoms with van der Waals surface area (Å²) in [6.07, 6.45) is 10.1. The molecule has 0 unspecified atom stereocenters. The van der Waals surface area contributed by atoms with Gasteiger partial charge in [-0.2, -0.15) is 4.98 Å². The smallest absolute Gasteiger partial charge is 0.225 e. The van der Waals surface area contributed by atoms with E-state index in [-0.39, 0.29) is 0 Å². The molecule has 27 heavy (non-hydrogen) atoms. The lowest BCUT2D eigenvalue weighted by molar-refractivity contribution is 0.460. The number of nitrogens with one attached hydrogen (secondary N) is 1. The van der Waals surface area contributed by atoms with Crippen molar-refractivity contribution in [3.63, 3.8) is 0 Å². The third kappa shape index (κ3) is 3.98. The Morgan fingerprint density at radius 3 is 2.63 bits per heavy atom. The number of nitrogens with zero attached hydrogens (tertiary/aromatic N) is 3. The Hall–Kier alpha value is -1.62. The summed E-state index contributed by atoms with van der Waals surface area (Å²) in [5, 5.41) is 3.65. The van der Waals surface area contributed by atoms with Gasteiger partial charge in [-0.25, -0.2) is 4.98 Å². The van der Waals surface area contributed by atoms with E-state index >= 15 is 0 Å². The number of aromatic nitrogens is 2. The molecule has 142 valence electrons. The lowest BCUT2D eigenvalue weighted by atomic mass is 9.96. The maximum atomic E-state index is 4.95. The maximum absolute atomic E-state index is 4.95. The lowest BCUT2D eigenvalue weighted by Crippen LogP contribution is -2.32. The van der Waals surface area contributed by atoms with E-state index in [2.05, 4.69) is 50.4 Å². The van der Waals surface area contributed by atoms with Crippen LogP contribution in [0, 0.1) is 0 Å². The van der Waals surface area contributed by atoms with Gasteiger partial charge in [0.15, 0.2) is 0 Å². The Morgan fingerprint density at radius 2 is 1.81 bits per heavy atom. The highest BCUT2D eigenvalue weighted by Gasteiger charge is 2.28. The van der Waals surface area contributed by atoms with E-state index in [0.717, 1.165) is 31.3 Å². The van der Waals surface area contributed by atoms with Crippen LogP contribution in [0.5, 0.6) is 0 Å². The molecular weight excluding hydrogens is 400 g/mol. The van der Waals surface area contributed by atoms with E-state index in [1.807, 2.05) is 0 Å². The Bertz CT molecular complexity index is 827. The predicted molar refractivity (Wildman–Crippen MR) is 113 cm³/mol. The van der Waals surface area contributed by atoms with Gasteiger partial charge in [0.05, 0.1) is 5.69 Å². The largest absolute Gasteiger partial charge is 0.352 e. The van der Waals surface area contributed by atoms with Crippen molar-refractivity contribution in [2.45, 2.75) is 69.9 Å². The molecule has 2 saturated carbocycles. The second-order valence-electron chi connectivity index (χ2n) is 8.31. The first-order chi connectivity index (χ1) is 13.2. The number of hydrogen-bond donors (Lipinski definition) is 1. The lowest BCUT2D eigenvalue weighted by Gasteiger charge is -2.31. The first-order valence-electron chi connectivity index (χ1n) is 10.4. The number of halogens is 1. The highest BCUT2D eigenvalue weighted by Crippen LogP contribution is 2.40. The van der Waals surface area contributed by atoms with Crippen LogP contribution in [0.3, 0.4) is 0 Å². The minimum atomic E-state index is 0.542. The van der Waals surface area contributed by atoms with Crippen molar-refractivity contribution < 1.29 is 0 Å². The number of hydrogen-bond acceptors (Lipinski definition) is 4. The standard InChI is InChI=1S/C22H27BrN4/c23-18-9-8-17-14-27(11-10-16(17)12-18)21-13-20(15-6-7-15)25-22(26-21)24-19-4-2-1-3-5-19/h8-9,12-13,15,19H,1-7,10-11,14H2,(H,24,25,26). The molecule has 2 fully saturated rings. The second kappa shape index (κ2) is 7.42. The fourth-order valence-electron chi connectivity index (χ4n) is 4.41. The van der Waals surface area contributed by atoms with E-state index < -0.39 is 0 Å². The van der Waals surface area contributed by atoms with Gasteiger partial charge >= 0.3 is 0 Å². The number of benzene rings is 1. The van der Waals surface area contributed by atoms with Crippen LogP contribution in [0.15, 0.2) is 28.7 Å². The molecular formula is C22H27BrN4. The topological polar surface area (TPSA) is 41.1 Å². The molecule has 2 aromatic rings. The zero-order valence-electron chi connectivity index (χ0n) is 15.8. The molecule has 0 spiro atoms. The number of rotatable bonds is 4. The van der Waals surface area contributed by atoms with Gasteiger partial charge in [-0.1, -0.05) is 41.3 Å². The van der Waals surface area contributed by atoms with E-state index in [4.69, 9.17) is 9.97 Å². The van der Waals surface area contributed by atoms with E-state index in [1.54, 1.807) is 0 Å². The zero-order chi connectivity index (χ0) is 18.2. The summed E-state index contributed by atoms with van der Waals surface area (Å²) in [5.74, 6) is 2.59. The van der Waals surface area contributed by atoms with Gasteiger partial charge in [0.2, 0.25) is 5.95 Å². The molecule has 5 heteroatoms. The van der Waals surface area contributed by atoms with Gasteiger partial charge in [0, 0.05) is 35.6 Å². The van der Waals surface area contributed by atoms with Crippen LogP contribution >= 0.6 is 15.9 Å². The predicted octanol–water partition coefficient (Wildman–Crippen LogP) is 5.42. The molecule has 1 aromatic carbocycles. The van der Waals surface area contributed by atoms with Crippen LogP contribution < -0.4 is 10.2 Å². The highest BCUT2D eigenvalue weighted by molar-refractivity contribution is 9.10. The second-order valence-corrected chi connectivity index (χ2v) is 9.23. The molecule has 2 heterocycles. The van der Waals surface area contributed by atoms with Crippen LogP contribution in [0.4, 0.5) is 11.8 Å². The highest BCUT2D eigenvalue weighted by atomic mass is 79.9. The molecule has 0 atom stereocenters. The maximum Gasteiger partial charge on any atom is 0.225 e. The molecule has 3 aliphatic rings. The summed E-state index contributed by atoms with van der Waals surface area (Å²) in [6, 6.07) is 9.44. The average Bonchev–Trinajstić information content (AvgIpc) is 3.53. The van der Waals surface area contributed by atoms with Crippen molar-refractivity contribution in [1.29, 1.82) is 0 Å².